The Morgan fingerprint density at radius 3 is 2.59 bits per heavy atom. The fourth-order valence-electron chi connectivity index (χ4n) is 1.71. The highest BCUT2D eigenvalue weighted by molar-refractivity contribution is 7.89. The average molecular weight is 331 g/mol. The van der Waals surface area contributed by atoms with E-state index in [1.54, 1.807) is 0 Å². The van der Waals surface area contributed by atoms with Gasteiger partial charge in [0.15, 0.2) is 0 Å². The van der Waals surface area contributed by atoms with Crippen molar-refractivity contribution in [3.63, 3.8) is 0 Å². The minimum Gasteiger partial charge on any atom is -0.355 e. The van der Waals surface area contributed by atoms with Gasteiger partial charge in [0.1, 0.15) is 5.82 Å². The summed E-state index contributed by atoms with van der Waals surface area (Å²) in [5.74, 6) is -0.876. The second-order valence-corrected chi connectivity index (χ2v) is 7.01. The van der Waals surface area contributed by atoms with Gasteiger partial charge >= 0.3 is 0 Å². The second kappa shape index (κ2) is 8.21. The van der Waals surface area contributed by atoms with Crippen LogP contribution in [0.25, 0.3) is 0 Å². The Morgan fingerprint density at radius 1 is 1.32 bits per heavy atom. The average Bonchev–Trinajstić information content (AvgIpc) is 2.44. The van der Waals surface area contributed by atoms with Gasteiger partial charge in [-0.2, -0.15) is 0 Å². The summed E-state index contributed by atoms with van der Waals surface area (Å²) in [6.07, 6.45) is 0.780. The molecule has 124 valence electrons. The topological polar surface area (TPSA) is 78.5 Å². The van der Waals surface area contributed by atoms with Crippen LogP contribution in [-0.4, -0.2) is 53.0 Å². The fourth-order valence-corrected chi connectivity index (χ4v) is 2.78. The molecule has 8 heteroatoms. The smallest absolute Gasteiger partial charge is 0.241 e. The van der Waals surface area contributed by atoms with Gasteiger partial charge < -0.3 is 10.2 Å². The molecule has 1 aromatic carbocycles. The van der Waals surface area contributed by atoms with Crippen molar-refractivity contribution in [3.8, 4) is 0 Å². The van der Waals surface area contributed by atoms with Gasteiger partial charge in [-0.15, -0.1) is 0 Å². The maximum atomic E-state index is 13.1. The van der Waals surface area contributed by atoms with E-state index in [0.717, 1.165) is 19.0 Å². The highest BCUT2D eigenvalue weighted by Crippen LogP contribution is 2.13. The molecule has 1 amide bonds. The minimum absolute atomic E-state index is 0.0631. The first-order valence-electron chi connectivity index (χ1n) is 6.89. The second-order valence-electron chi connectivity index (χ2n) is 5.24. The Bertz CT molecular complexity index is 618. The third-order valence-electron chi connectivity index (χ3n) is 2.97. The minimum atomic E-state index is -3.82. The SMILES string of the molecule is Cc1cc(S(=O)(=O)NCC(=O)NCCCN(C)C)ccc1F. The molecule has 0 unspecified atom stereocenters. The molecule has 0 heterocycles. The number of hydrogen-bond donors (Lipinski definition) is 2. The number of nitrogens with one attached hydrogen (secondary N) is 2. The van der Waals surface area contributed by atoms with Crippen LogP contribution in [0.3, 0.4) is 0 Å². The Kier molecular flexibility index (Phi) is 6.92. The molecule has 1 aromatic rings. The van der Waals surface area contributed by atoms with E-state index in [2.05, 4.69) is 10.0 Å². The van der Waals surface area contributed by atoms with Gasteiger partial charge in [0.25, 0.3) is 0 Å². The summed E-state index contributed by atoms with van der Waals surface area (Å²) >= 11 is 0. The lowest BCUT2D eigenvalue weighted by Gasteiger charge is -2.10. The maximum Gasteiger partial charge on any atom is 0.241 e. The van der Waals surface area contributed by atoms with E-state index in [-0.39, 0.29) is 17.0 Å². The first-order chi connectivity index (χ1) is 10.2. The zero-order valence-corrected chi connectivity index (χ0v) is 13.8. The van der Waals surface area contributed by atoms with E-state index in [0.29, 0.717) is 6.54 Å². The number of carbonyl (C=O) groups is 1. The van der Waals surface area contributed by atoms with Gasteiger partial charge in [0.05, 0.1) is 11.4 Å². The quantitative estimate of drug-likeness (QED) is 0.679. The summed E-state index contributed by atoms with van der Waals surface area (Å²) < 4.78 is 39.3. The van der Waals surface area contributed by atoms with Gasteiger partial charge in [-0.3, -0.25) is 4.79 Å². The standard InChI is InChI=1S/C14H22FN3O3S/c1-11-9-12(5-6-13(11)15)22(20,21)17-10-14(19)16-7-4-8-18(2)3/h5-6,9,17H,4,7-8,10H2,1-3H3,(H,16,19). The molecule has 0 fully saturated rings. The molecule has 0 atom stereocenters. The van der Waals surface area contributed by atoms with Crippen LogP contribution < -0.4 is 10.0 Å². The number of halogens is 1. The molecule has 22 heavy (non-hydrogen) atoms. The number of rotatable bonds is 8. The lowest BCUT2D eigenvalue weighted by atomic mass is 10.2. The van der Waals surface area contributed by atoms with Crippen LogP contribution in [0.4, 0.5) is 4.39 Å². The van der Waals surface area contributed by atoms with Gasteiger partial charge in [0.2, 0.25) is 15.9 Å². The monoisotopic (exact) mass is 331 g/mol. The first-order valence-corrected chi connectivity index (χ1v) is 8.38. The van der Waals surface area contributed by atoms with Gasteiger partial charge in [-0.1, -0.05) is 0 Å². The van der Waals surface area contributed by atoms with E-state index in [9.17, 15) is 17.6 Å². The molecule has 0 radical (unpaired) electrons. The molecule has 0 aliphatic carbocycles. The van der Waals surface area contributed by atoms with Crippen LogP contribution in [0, 0.1) is 12.7 Å². The highest BCUT2D eigenvalue weighted by atomic mass is 32.2. The predicted molar refractivity (Wildman–Crippen MR) is 82.5 cm³/mol. The normalized spacial score (nSPS) is 11.7. The molecule has 0 saturated heterocycles. The molecule has 2 N–H and O–H groups in total. The predicted octanol–water partition coefficient (Wildman–Crippen LogP) is 0.480. The van der Waals surface area contributed by atoms with Crippen molar-refractivity contribution in [2.24, 2.45) is 0 Å². The van der Waals surface area contributed by atoms with E-state index < -0.39 is 21.7 Å². The largest absolute Gasteiger partial charge is 0.355 e. The van der Waals surface area contributed by atoms with Crippen molar-refractivity contribution in [1.82, 2.24) is 14.9 Å². The van der Waals surface area contributed by atoms with E-state index >= 15 is 0 Å². The summed E-state index contributed by atoms with van der Waals surface area (Å²) in [4.78, 5) is 13.5. The van der Waals surface area contributed by atoms with Crippen molar-refractivity contribution in [1.29, 1.82) is 0 Å². The molecular weight excluding hydrogens is 309 g/mol. The van der Waals surface area contributed by atoms with Gasteiger partial charge in [-0.05, 0) is 57.7 Å². The van der Waals surface area contributed by atoms with Crippen molar-refractivity contribution >= 4 is 15.9 Å². The number of sulfonamides is 1. The Labute approximate surface area is 130 Å². The number of hydrogen-bond acceptors (Lipinski definition) is 4. The molecule has 0 saturated carbocycles. The zero-order valence-electron chi connectivity index (χ0n) is 13.0. The summed E-state index contributed by atoms with van der Waals surface area (Å²) in [6.45, 7) is 2.45. The molecule has 0 bridgehead atoms. The van der Waals surface area contributed by atoms with E-state index in [1.165, 1.54) is 19.1 Å². The Morgan fingerprint density at radius 2 is 2.00 bits per heavy atom. The number of amides is 1. The Balaban J connectivity index is 2.48. The summed E-state index contributed by atoms with van der Waals surface area (Å²) in [5.41, 5.74) is 0.232. The maximum absolute atomic E-state index is 13.1. The molecule has 0 aliphatic heterocycles. The number of benzene rings is 1. The molecule has 0 spiro atoms. The summed E-state index contributed by atoms with van der Waals surface area (Å²) in [7, 11) is 0.0380. The third kappa shape index (κ3) is 6.08. The zero-order chi connectivity index (χ0) is 16.8. The van der Waals surface area contributed by atoms with Gasteiger partial charge in [-0.25, -0.2) is 17.5 Å². The first kappa shape index (κ1) is 18.5. The lowest BCUT2D eigenvalue weighted by Crippen LogP contribution is -2.37. The van der Waals surface area contributed by atoms with Crippen LogP contribution in [0.15, 0.2) is 23.1 Å². The van der Waals surface area contributed by atoms with Crippen molar-refractivity contribution < 1.29 is 17.6 Å². The fraction of sp³-hybridized carbons (Fsp3) is 0.500. The number of nitrogens with zero attached hydrogens (tertiary/aromatic N) is 1. The van der Waals surface area contributed by atoms with Crippen molar-refractivity contribution in [2.75, 3.05) is 33.7 Å². The number of aryl methyl sites for hydroxylation is 1. The van der Waals surface area contributed by atoms with Gasteiger partial charge in [0, 0.05) is 6.54 Å². The van der Waals surface area contributed by atoms with Crippen molar-refractivity contribution in [2.45, 2.75) is 18.2 Å². The van der Waals surface area contributed by atoms with Crippen LogP contribution in [0.2, 0.25) is 0 Å². The van der Waals surface area contributed by atoms with Crippen LogP contribution in [0.1, 0.15) is 12.0 Å². The van der Waals surface area contributed by atoms with Crippen molar-refractivity contribution in [3.05, 3.63) is 29.6 Å². The van der Waals surface area contributed by atoms with Crippen LogP contribution in [-0.2, 0) is 14.8 Å². The summed E-state index contributed by atoms with van der Waals surface area (Å²) in [5, 5.41) is 2.63. The summed E-state index contributed by atoms with van der Waals surface area (Å²) in [6, 6.07) is 3.48. The van der Waals surface area contributed by atoms with Crippen LogP contribution in [0.5, 0.6) is 0 Å². The highest BCUT2D eigenvalue weighted by Gasteiger charge is 2.16. The molecule has 0 aromatic heterocycles. The molecular formula is C14H22FN3O3S. The lowest BCUT2D eigenvalue weighted by molar-refractivity contribution is -0.119. The van der Waals surface area contributed by atoms with E-state index in [4.69, 9.17) is 0 Å². The van der Waals surface area contributed by atoms with E-state index in [1.807, 2.05) is 19.0 Å². The van der Waals surface area contributed by atoms with Crippen LogP contribution >= 0.6 is 0 Å². The Hall–Kier alpha value is -1.51. The molecule has 0 aliphatic rings. The molecule has 6 nitrogen and oxygen atoms in total. The third-order valence-corrected chi connectivity index (χ3v) is 4.37. The molecule has 1 rings (SSSR count). The number of carbonyl (C=O) groups excluding carboxylic acids is 1.